The Bertz CT molecular complexity index is 4080. The minimum Gasteiger partial charge on any atom is -0.393 e. The summed E-state index contributed by atoms with van der Waals surface area (Å²) in [5, 5.41) is 87.0. The summed E-state index contributed by atoms with van der Waals surface area (Å²) in [6.45, 7) is 74.0. The van der Waals surface area contributed by atoms with Crippen LogP contribution in [0.2, 0.25) is 0 Å². The quantitative estimate of drug-likeness (QED) is 0.0804. The lowest BCUT2D eigenvalue weighted by Crippen LogP contribution is -2.62. The van der Waals surface area contributed by atoms with Crippen LogP contribution in [-0.2, 0) is 0 Å². The predicted molar refractivity (Wildman–Crippen MR) is 600 cm³/mol. The third-order valence-electron chi connectivity index (χ3n) is 53.9. The van der Waals surface area contributed by atoms with E-state index < -0.39 is 0 Å². The molecule has 0 bridgehead atoms. The van der Waals surface area contributed by atoms with E-state index in [2.05, 4.69) is 208 Å². The fourth-order valence-electron chi connectivity index (χ4n) is 45.3. The highest BCUT2D eigenvalue weighted by atomic mass is 16.3. The molecule has 0 saturated heterocycles. The van der Waals surface area contributed by atoms with E-state index in [4.69, 9.17) is 0 Å². The fraction of sp³-hybridized carbons (Fsp3) is 1.00. The SMILES string of the molecule is C[C@H](CCC(C)(C)C)[C@H]1CC[C@H]2[C@@H]3CCC4CCCC[C@]4(C)[C@H]3CC[C@]12C.C[C@H](CCC(C)(C)C)[C@H]1CC[C@H]2[C@@H]3CCC4C[C@H](O)CC[C@]4(C)[C@H]3CC[C@]12C.C[C@H](CCC(C)(C)C)[C@H]1CC[C@H]2[C@@H]3CC[C@@H]4C[C@H](O)CC[C@]4(C)[C@H]3C[C@H](O)[C@]12C.C[C@H](CCC(C)(C)C)[C@H]1CC[C@H]2[C@@H]3[C@H](O)CC4C[C@H](O)CC[C@]4(C)[C@H]3CC[C@]12C.C[C@H](CCC(C)(C)C)[C@H]1CC[C@H]2[C@@H]3[C@H](O)C[C@@H]4C[C@H](O)CC[C@]4(C)[C@H]3C[C@H](O)[C@]12C. The van der Waals surface area contributed by atoms with Gasteiger partial charge in [0.25, 0.3) is 0 Å². The van der Waals surface area contributed by atoms with Gasteiger partial charge in [-0.25, -0.2) is 0 Å². The Kier molecular flexibility index (Phi) is 34.6. The highest BCUT2D eigenvalue weighted by molar-refractivity contribution is 5.20. The highest BCUT2D eigenvalue weighted by Crippen LogP contribution is 2.76. The smallest absolute Gasteiger partial charge is 0.0602 e. The Morgan fingerprint density at radius 2 is 0.469 bits per heavy atom. The second kappa shape index (κ2) is 42.9. The Morgan fingerprint density at radius 1 is 0.210 bits per heavy atom. The number of rotatable bonds is 15. The topological polar surface area (TPSA) is 162 Å². The molecule has 8 nitrogen and oxygen atoms in total. The van der Waals surface area contributed by atoms with E-state index in [0.29, 0.717) is 154 Å². The van der Waals surface area contributed by atoms with Gasteiger partial charge in [-0.2, -0.15) is 0 Å². The lowest BCUT2D eigenvalue weighted by molar-refractivity contribution is -0.207. The van der Waals surface area contributed by atoms with Gasteiger partial charge >= 0.3 is 0 Å². The summed E-state index contributed by atoms with van der Waals surface area (Å²) >= 11 is 0. The summed E-state index contributed by atoms with van der Waals surface area (Å²) in [6.07, 6.45) is 65.6. The molecule has 3 unspecified atom stereocenters. The van der Waals surface area contributed by atoms with Crippen molar-refractivity contribution in [2.75, 3.05) is 0 Å². The van der Waals surface area contributed by atoms with Crippen molar-refractivity contribution < 1.29 is 40.9 Å². The lowest BCUT2D eigenvalue weighted by atomic mass is 9.43. The van der Waals surface area contributed by atoms with Crippen molar-refractivity contribution in [3.8, 4) is 0 Å². The molecule has 0 aliphatic heterocycles. The van der Waals surface area contributed by atoms with Gasteiger partial charge < -0.3 is 40.9 Å². The van der Waals surface area contributed by atoms with Crippen LogP contribution in [0.4, 0.5) is 0 Å². The van der Waals surface area contributed by atoms with Crippen LogP contribution in [0.1, 0.15) is 542 Å². The van der Waals surface area contributed by atoms with Crippen LogP contribution < -0.4 is 0 Å². The fourth-order valence-corrected chi connectivity index (χ4v) is 45.3. The summed E-state index contributed by atoms with van der Waals surface area (Å²) in [4.78, 5) is 0. The predicted octanol–water partition coefficient (Wildman–Crippen LogP) is 34.3. The van der Waals surface area contributed by atoms with Crippen molar-refractivity contribution in [3.05, 3.63) is 0 Å². The maximum absolute atomic E-state index is 11.6. The molecular formula is C135H240O8. The van der Waals surface area contributed by atoms with Crippen molar-refractivity contribution in [1.29, 1.82) is 0 Å². The van der Waals surface area contributed by atoms with Gasteiger partial charge in [-0.15, -0.1) is 0 Å². The summed E-state index contributed by atoms with van der Waals surface area (Å²) in [5.41, 5.74) is 6.03. The van der Waals surface area contributed by atoms with Crippen LogP contribution >= 0.6 is 0 Å². The summed E-state index contributed by atoms with van der Waals surface area (Å²) < 4.78 is 0. The van der Waals surface area contributed by atoms with E-state index in [1.165, 1.54) is 205 Å². The molecule has 20 aliphatic rings. The van der Waals surface area contributed by atoms with Crippen LogP contribution in [0.3, 0.4) is 0 Å². The summed E-state index contributed by atoms with van der Waals surface area (Å²) in [5.74, 6) is 22.8. The number of hydrogen-bond acceptors (Lipinski definition) is 8. The van der Waals surface area contributed by atoms with E-state index in [9.17, 15) is 40.9 Å². The first-order valence-corrected chi connectivity index (χ1v) is 63.9. The molecule has 828 valence electrons. The second-order valence-electron chi connectivity index (χ2n) is 67.2. The third kappa shape index (κ3) is 22.4. The van der Waals surface area contributed by atoms with Gasteiger partial charge in [0.15, 0.2) is 0 Å². The number of hydrogen-bond donors (Lipinski definition) is 8. The normalized spacial score (nSPS) is 50.6. The molecular weight excluding hydrogens is 1750 g/mol. The molecule has 20 rings (SSSR count). The average molecular weight is 1990 g/mol. The molecule has 0 aromatic rings. The molecule has 8 heteroatoms. The van der Waals surface area contributed by atoms with Crippen molar-refractivity contribution in [1.82, 2.24) is 0 Å². The van der Waals surface area contributed by atoms with Crippen molar-refractivity contribution >= 4 is 0 Å². The largest absolute Gasteiger partial charge is 0.393 e. The number of aliphatic hydroxyl groups excluding tert-OH is 8. The van der Waals surface area contributed by atoms with Gasteiger partial charge in [0, 0.05) is 0 Å². The highest BCUT2D eigenvalue weighted by Gasteiger charge is 2.71. The maximum atomic E-state index is 11.6. The molecule has 0 radical (unpaired) electrons. The average Bonchev–Trinajstić information content (AvgIpc) is 1.68. The molecule has 0 aromatic carbocycles. The zero-order valence-corrected chi connectivity index (χ0v) is 99.8. The van der Waals surface area contributed by atoms with Gasteiger partial charge in [0.05, 0.1) is 48.8 Å². The number of aliphatic hydroxyl groups is 8. The monoisotopic (exact) mass is 1990 g/mol. The molecule has 143 heavy (non-hydrogen) atoms. The van der Waals surface area contributed by atoms with Crippen molar-refractivity contribution in [2.24, 2.45) is 259 Å². The Morgan fingerprint density at radius 3 is 0.860 bits per heavy atom. The molecule has 0 amide bonds. The van der Waals surface area contributed by atoms with E-state index in [-0.39, 0.29) is 65.1 Å². The molecule has 0 aromatic heterocycles. The zero-order chi connectivity index (χ0) is 104. The minimum absolute atomic E-state index is 0.0111. The molecule has 20 aliphatic carbocycles. The van der Waals surface area contributed by atoms with Gasteiger partial charge in [-0.3, -0.25) is 0 Å². The van der Waals surface area contributed by atoms with Gasteiger partial charge in [-0.1, -0.05) is 221 Å². The van der Waals surface area contributed by atoms with Crippen LogP contribution in [-0.4, -0.2) is 89.7 Å². The molecule has 8 N–H and O–H groups in total. The molecule has 0 heterocycles. The Labute approximate surface area is 884 Å². The Balaban J connectivity index is 0.000000128. The Hall–Kier alpha value is -0.320. The first kappa shape index (κ1) is 115. The second-order valence-corrected chi connectivity index (χ2v) is 67.2. The number of fused-ring (bicyclic) bond motifs is 25. The summed E-state index contributed by atoms with van der Waals surface area (Å²) in [6, 6.07) is 0. The molecule has 48 atom stereocenters. The first-order chi connectivity index (χ1) is 66.5. The van der Waals surface area contributed by atoms with E-state index in [0.717, 1.165) is 172 Å². The van der Waals surface area contributed by atoms with Crippen molar-refractivity contribution in [3.63, 3.8) is 0 Å². The minimum atomic E-state index is -0.265. The van der Waals surface area contributed by atoms with Crippen molar-refractivity contribution in [2.45, 2.75) is 590 Å². The lowest BCUT2D eigenvalue weighted by Gasteiger charge is -2.63. The molecule has 0 spiro atoms. The van der Waals surface area contributed by atoms with Gasteiger partial charge in [0.1, 0.15) is 0 Å². The summed E-state index contributed by atoms with van der Waals surface area (Å²) in [7, 11) is 0. The maximum Gasteiger partial charge on any atom is 0.0602 e. The van der Waals surface area contributed by atoms with E-state index in [1.807, 2.05) is 0 Å². The zero-order valence-electron chi connectivity index (χ0n) is 99.8. The molecule has 20 saturated carbocycles. The van der Waals surface area contributed by atoms with Gasteiger partial charge in [0.2, 0.25) is 0 Å². The molecule has 20 fully saturated rings. The van der Waals surface area contributed by atoms with Crippen LogP contribution in [0, 0.1) is 259 Å². The van der Waals surface area contributed by atoms with Crippen LogP contribution in [0.5, 0.6) is 0 Å². The first-order valence-electron chi connectivity index (χ1n) is 63.9. The van der Waals surface area contributed by atoms with E-state index >= 15 is 0 Å². The standard InChI is InChI=1S/C27H48O3.2C27H48O2.C27H48O.C27H48/c1-16(9-11-25(2,3)4)19-7-8-20-24-21(15-23(30)27(19,20)6)26(5)12-10-18(28)13-17(26)14-22(24)29;1-17(9-12-25(2,3)4)20-7-8-21-24-22(11-14-27(20,21)6)26(5)13-10-19(28)15-18(26)16-23(24)29;1-17(11-13-25(2,3)4)21-9-10-22-20-8-7-18-15-19(28)12-14-26(18,5)23(20)16-24(29)27(21,22)6;1-18(11-14-25(2,3)4)22-9-10-23-21-8-7-19-17-20(28)12-15-26(19,5)24(21)13-16-27(22,23)6;1-19(14-17-25(2,3)4)22-12-13-23-21-11-10-20-9-7-8-16-26(20,5)24(21)15-18-27(22,23)6/h16-24,28-30H,7-15H2,1-6H3;2*17-24,28-29H,7-16H2,1-6H3;18-24,28H,7-17H2,1-6H3;19-24H,7-18H2,1-6H3/t16-,17+,18-,19-,20+,21+,22-,23+,24+,26+,27-;17-,18?,19-,20-,21+,22+,23-,24+,26+,27-;17-,18-,19-,20+,21-,22+,23+,24+,26+,27-;18-,19?,20-,21+,22-,23+,24+,26+,27-;19-,20?,21+,22-,23+,24+,26+,27-/m11111/s1. The third-order valence-corrected chi connectivity index (χ3v) is 53.9. The van der Waals surface area contributed by atoms with Crippen LogP contribution in [0.15, 0.2) is 0 Å². The van der Waals surface area contributed by atoms with E-state index in [1.54, 1.807) is 44.9 Å². The van der Waals surface area contributed by atoms with Crippen LogP contribution in [0.25, 0.3) is 0 Å². The van der Waals surface area contributed by atoms with Gasteiger partial charge in [-0.05, 0) is 580 Å².